The van der Waals surface area contributed by atoms with Crippen LogP contribution in [0.3, 0.4) is 0 Å². The van der Waals surface area contributed by atoms with Gasteiger partial charge in [0.05, 0.1) is 23.7 Å². The summed E-state index contributed by atoms with van der Waals surface area (Å²) >= 11 is 3.19. The lowest BCUT2D eigenvalue weighted by Gasteiger charge is -2.27. The Balaban J connectivity index is 1.31. The van der Waals surface area contributed by atoms with Crippen molar-refractivity contribution in [3.63, 3.8) is 0 Å². The molecule has 0 saturated carbocycles. The number of halogens is 6. The Hall–Kier alpha value is -3.63. The Morgan fingerprint density at radius 2 is 1.56 bits per heavy atom. The first-order chi connectivity index (χ1) is 24.4. The normalized spacial score (nSPS) is 15.8. The fraction of sp³-hybridized carbons (Fsp3) is 0.472. The number of aliphatic hydroxyl groups excluding tert-OH is 2. The maximum Gasteiger partial charge on any atom is 0.416 e. The molecule has 0 fully saturated rings. The maximum absolute atomic E-state index is 13.0. The average molecular weight is 774 g/mol. The average Bonchev–Trinajstić information content (AvgIpc) is 3.42. The van der Waals surface area contributed by atoms with Crippen LogP contribution in [0.4, 0.5) is 32.2 Å². The number of carbonyl (C=O) groups excluding carboxylic acids is 1. The molecule has 2 unspecified atom stereocenters. The van der Waals surface area contributed by atoms with Crippen LogP contribution in [0.25, 0.3) is 0 Å². The summed E-state index contributed by atoms with van der Waals surface area (Å²) in [4.78, 5) is 29.6. The molecular weight excluding hydrogens is 733 g/mol. The Bertz CT molecular complexity index is 1730. The number of benzene rings is 2. The van der Waals surface area contributed by atoms with Crippen molar-refractivity contribution in [3.05, 3.63) is 105 Å². The molecule has 2 heterocycles. The maximum atomic E-state index is 13.0. The molecule has 0 saturated heterocycles. The zero-order valence-electron chi connectivity index (χ0n) is 28.6. The van der Waals surface area contributed by atoms with Crippen LogP contribution in [0.5, 0.6) is 0 Å². The second-order valence-electron chi connectivity index (χ2n) is 13.3. The van der Waals surface area contributed by atoms with E-state index in [1.165, 1.54) is 41.1 Å². The predicted molar refractivity (Wildman–Crippen MR) is 190 cm³/mol. The molecule has 3 N–H and O–H groups in total. The Morgan fingerprint density at radius 1 is 0.962 bits per heavy atom. The van der Waals surface area contributed by atoms with Crippen molar-refractivity contribution in [3.8, 4) is 0 Å². The van der Waals surface area contributed by atoms with E-state index < -0.39 is 47.1 Å². The standard InChI is InChI=1S/C36H41F6N3O5S2/c1-34(2,17-31(47)43-30-12-15-45(33(49)44-30)18-25-20-50-29(19-46)32(25)48)14-11-28(52-22-24-5-9-27(10-6-24)36(40,41)42)13-16-51-21-23-3-7-26(8-4-23)35(37,38)39/h3-10,12,15,25,28,46,48H,11,13-14,16-22H2,1-2H3,(H,43,44,47,49). The van der Waals surface area contributed by atoms with Gasteiger partial charge in [-0.2, -0.15) is 54.9 Å². The number of carbonyl (C=O) groups is 1. The molecule has 0 radical (unpaired) electrons. The fourth-order valence-corrected chi connectivity index (χ4v) is 7.86. The molecule has 1 aromatic heterocycles. The van der Waals surface area contributed by atoms with Crippen molar-refractivity contribution in [2.75, 3.05) is 24.3 Å². The lowest BCUT2D eigenvalue weighted by atomic mass is 9.83. The summed E-state index contributed by atoms with van der Waals surface area (Å²) in [5.74, 6) is 0.884. The molecule has 1 aliphatic heterocycles. The second kappa shape index (κ2) is 17.9. The summed E-state index contributed by atoms with van der Waals surface area (Å²) in [5, 5.41) is 22.1. The number of nitrogens with one attached hydrogen (secondary N) is 1. The summed E-state index contributed by atoms with van der Waals surface area (Å²) in [7, 11) is 0. The van der Waals surface area contributed by atoms with Crippen LogP contribution < -0.4 is 11.0 Å². The minimum Gasteiger partial charge on any atom is -0.508 e. The van der Waals surface area contributed by atoms with Crippen LogP contribution in [0.15, 0.2) is 77.1 Å². The molecule has 2 aromatic carbocycles. The monoisotopic (exact) mass is 773 g/mol. The fourth-order valence-electron chi connectivity index (χ4n) is 5.49. The summed E-state index contributed by atoms with van der Waals surface area (Å²) in [5.41, 5.74) is -1.01. The number of hydrogen-bond acceptors (Lipinski definition) is 8. The number of alkyl halides is 6. The van der Waals surface area contributed by atoms with E-state index in [0.29, 0.717) is 30.1 Å². The first-order valence-corrected chi connectivity index (χ1v) is 18.7. The number of aliphatic hydroxyl groups is 2. The van der Waals surface area contributed by atoms with Crippen LogP contribution in [0.2, 0.25) is 0 Å². The predicted octanol–water partition coefficient (Wildman–Crippen LogP) is 8.45. The Labute approximate surface area is 306 Å². The number of amides is 1. The zero-order chi connectivity index (χ0) is 38.1. The lowest BCUT2D eigenvalue weighted by Crippen LogP contribution is -2.29. The summed E-state index contributed by atoms with van der Waals surface area (Å²) in [6.45, 7) is 3.62. The van der Waals surface area contributed by atoms with Crippen molar-refractivity contribution in [2.45, 2.75) is 75.2 Å². The third-order valence-electron chi connectivity index (χ3n) is 8.52. The van der Waals surface area contributed by atoms with Gasteiger partial charge in [0.2, 0.25) is 5.91 Å². The number of aromatic nitrogens is 2. The van der Waals surface area contributed by atoms with Gasteiger partial charge in [-0.15, -0.1) is 0 Å². The van der Waals surface area contributed by atoms with Crippen LogP contribution in [-0.4, -0.2) is 49.9 Å². The van der Waals surface area contributed by atoms with Crippen molar-refractivity contribution >= 4 is 35.2 Å². The number of ether oxygens (including phenoxy) is 1. The third kappa shape index (κ3) is 12.5. The zero-order valence-corrected chi connectivity index (χ0v) is 30.2. The quantitative estimate of drug-likeness (QED) is 0.0926. The first kappa shape index (κ1) is 41.1. The van der Waals surface area contributed by atoms with Gasteiger partial charge in [-0.25, -0.2) is 4.79 Å². The molecule has 3 aromatic rings. The van der Waals surface area contributed by atoms with Crippen LogP contribution in [0.1, 0.15) is 61.8 Å². The molecule has 16 heteroatoms. The van der Waals surface area contributed by atoms with Gasteiger partial charge in [0.1, 0.15) is 18.2 Å². The van der Waals surface area contributed by atoms with Crippen LogP contribution in [0, 0.1) is 11.3 Å². The summed E-state index contributed by atoms with van der Waals surface area (Å²) in [6.07, 6.45) is -5.17. The Morgan fingerprint density at radius 3 is 2.10 bits per heavy atom. The highest BCUT2D eigenvalue weighted by atomic mass is 32.2. The first-order valence-electron chi connectivity index (χ1n) is 16.5. The van der Waals surface area contributed by atoms with Gasteiger partial charge in [-0.3, -0.25) is 9.36 Å². The van der Waals surface area contributed by atoms with Crippen molar-refractivity contribution in [1.29, 1.82) is 0 Å². The van der Waals surface area contributed by atoms with Crippen molar-refractivity contribution in [1.82, 2.24) is 9.55 Å². The van der Waals surface area contributed by atoms with E-state index in [1.807, 2.05) is 13.8 Å². The molecule has 0 aliphatic carbocycles. The molecule has 4 rings (SSSR count). The highest BCUT2D eigenvalue weighted by Crippen LogP contribution is 2.35. The van der Waals surface area contributed by atoms with Gasteiger partial charge < -0.3 is 20.3 Å². The number of thioether (sulfide) groups is 2. The van der Waals surface area contributed by atoms with Gasteiger partial charge in [-0.05, 0) is 71.9 Å². The largest absolute Gasteiger partial charge is 0.508 e. The van der Waals surface area contributed by atoms with E-state index in [4.69, 9.17) is 4.74 Å². The molecule has 52 heavy (non-hydrogen) atoms. The minimum absolute atomic E-state index is 0.0668. The van der Waals surface area contributed by atoms with Gasteiger partial charge in [0.25, 0.3) is 0 Å². The molecule has 0 bridgehead atoms. The minimum atomic E-state index is -4.43. The number of anilines is 1. The number of nitrogens with zero attached hydrogens (tertiary/aromatic N) is 2. The van der Waals surface area contributed by atoms with E-state index in [2.05, 4.69) is 10.3 Å². The molecular formula is C36H41F6N3O5S2. The van der Waals surface area contributed by atoms with E-state index >= 15 is 0 Å². The number of rotatable bonds is 17. The highest BCUT2D eigenvalue weighted by Gasteiger charge is 2.31. The molecule has 1 aliphatic rings. The van der Waals surface area contributed by atoms with E-state index in [9.17, 15) is 46.1 Å². The van der Waals surface area contributed by atoms with Crippen molar-refractivity contribution < 1.29 is 46.1 Å². The van der Waals surface area contributed by atoms with Crippen LogP contribution in [-0.2, 0) is 39.9 Å². The van der Waals surface area contributed by atoms with Gasteiger partial charge in [-0.1, -0.05) is 38.1 Å². The van der Waals surface area contributed by atoms with Gasteiger partial charge in [0, 0.05) is 35.9 Å². The summed E-state index contributed by atoms with van der Waals surface area (Å²) < 4.78 is 84.3. The summed E-state index contributed by atoms with van der Waals surface area (Å²) in [6, 6.07) is 11.6. The smallest absolute Gasteiger partial charge is 0.416 e. The van der Waals surface area contributed by atoms with Crippen molar-refractivity contribution in [2.24, 2.45) is 11.3 Å². The number of hydrogen-bond donors (Lipinski definition) is 3. The van der Waals surface area contributed by atoms with Gasteiger partial charge >= 0.3 is 18.0 Å². The molecule has 1 amide bonds. The second-order valence-corrected chi connectivity index (χ2v) is 15.7. The molecule has 2 atom stereocenters. The van der Waals surface area contributed by atoms with Gasteiger partial charge in [0.15, 0.2) is 5.76 Å². The molecule has 8 nitrogen and oxygen atoms in total. The lowest BCUT2D eigenvalue weighted by molar-refractivity contribution is -0.138. The molecule has 0 spiro atoms. The third-order valence-corrected chi connectivity index (χ3v) is 11.0. The highest BCUT2D eigenvalue weighted by molar-refractivity contribution is 7.99. The van der Waals surface area contributed by atoms with Crippen LogP contribution >= 0.6 is 23.5 Å². The topological polar surface area (TPSA) is 114 Å². The Kier molecular flexibility index (Phi) is 14.2. The van der Waals surface area contributed by atoms with E-state index in [0.717, 1.165) is 41.8 Å². The SMILES string of the molecule is CC(C)(CCC(CCSCc1ccc(C(F)(F)F)cc1)SCc1ccc(C(F)(F)F)cc1)CC(=O)Nc1ccn(CC2COC(CO)=C2O)c(=O)n1. The van der Waals surface area contributed by atoms with E-state index in [-0.39, 0.29) is 48.1 Å². The molecule has 284 valence electrons. The van der Waals surface area contributed by atoms with E-state index in [1.54, 1.807) is 23.5 Å².